The molecule has 1 saturated heterocycles. The summed E-state index contributed by atoms with van der Waals surface area (Å²) in [7, 11) is -1.48. The van der Waals surface area contributed by atoms with Gasteiger partial charge in [-0.05, 0) is 30.4 Å². The lowest BCUT2D eigenvalue weighted by Gasteiger charge is -2.30. The van der Waals surface area contributed by atoms with E-state index in [1.807, 2.05) is 24.3 Å². The third-order valence-corrected chi connectivity index (χ3v) is 4.68. The first-order valence-corrected chi connectivity index (χ1v) is 11.4. The molecule has 23 heavy (non-hydrogen) atoms. The summed E-state index contributed by atoms with van der Waals surface area (Å²) in [5.41, 5.74) is 3.82. The van der Waals surface area contributed by atoms with Crippen molar-refractivity contribution in [1.29, 1.82) is 0 Å². The van der Waals surface area contributed by atoms with E-state index in [-0.39, 0.29) is 0 Å². The highest BCUT2D eigenvalue weighted by atomic mass is 28.3. The molecule has 1 spiro atoms. The fraction of sp³-hybridized carbons (Fsp3) is 0.368. The molecule has 1 heterocycles. The fourth-order valence-electron chi connectivity index (χ4n) is 2.61. The second kappa shape index (κ2) is 5.77. The quantitative estimate of drug-likeness (QED) is 0.490. The molecule has 0 bridgehead atoms. The molecule has 3 nitrogen and oxygen atoms in total. The van der Waals surface area contributed by atoms with Crippen LogP contribution in [-0.4, -0.2) is 32.2 Å². The van der Waals surface area contributed by atoms with Gasteiger partial charge in [0.1, 0.15) is 13.7 Å². The fourth-order valence-corrected chi connectivity index (χ4v) is 3.12. The molecule has 0 aromatic heterocycles. The van der Waals surface area contributed by atoms with Gasteiger partial charge in [-0.1, -0.05) is 43.8 Å². The van der Waals surface area contributed by atoms with Gasteiger partial charge < -0.3 is 14.6 Å². The average molecular weight is 326 g/mol. The molecule has 0 saturated carbocycles. The predicted octanol–water partition coefficient (Wildman–Crippen LogP) is 2.97. The van der Waals surface area contributed by atoms with Gasteiger partial charge in [-0.2, -0.15) is 0 Å². The molecule has 3 rings (SSSR count). The van der Waals surface area contributed by atoms with Crippen LogP contribution in [0.1, 0.15) is 11.1 Å². The van der Waals surface area contributed by atoms with Gasteiger partial charge in [0.25, 0.3) is 0 Å². The summed E-state index contributed by atoms with van der Waals surface area (Å²) >= 11 is 0. The van der Waals surface area contributed by atoms with E-state index in [0.29, 0.717) is 13.2 Å². The van der Waals surface area contributed by atoms with Gasteiger partial charge in [-0.3, -0.25) is 0 Å². The van der Waals surface area contributed by atoms with E-state index in [0.717, 1.165) is 11.1 Å². The first-order chi connectivity index (χ1) is 10.8. The Morgan fingerprint density at radius 2 is 1.61 bits per heavy atom. The normalized spacial score (nSPS) is 21.2. The summed E-state index contributed by atoms with van der Waals surface area (Å²) < 4.78 is 11.2. The highest BCUT2D eigenvalue weighted by Gasteiger charge is 2.38. The van der Waals surface area contributed by atoms with Crippen LogP contribution in [-0.2, 0) is 15.1 Å². The SMILES string of the molecule is C[Si](C)(C)C#Cc1ccccc1C1(O)C=CC2(C=C1)OCCO2. The molecule has 1 N–H and O–H groups in total. The number of hydrogen-bond acceptors (Lipinski definition) is 3. The van der Waals surface area contributed by atoms with E-state index in [1.54, 1.807) is 24.3 Å². The Balaban J connectivity index is 1.96. The zero-order chi connectivity index (χ0) is 16.6. The third kappa shape index (κ3) is 3.49. The van der Waals surface area contributed by atoms with Gasteiger partial charge in [0.15, 0.2) is 0 Å². The van der Waals surface area contributed by atoms with Crippen molar-refractivity contribution in [2.24, 2.45) is 0 Å². The zero-order valence-corrected chi connectivity index (χ0v) is 14.8. The Kier molecular flexibility index (Phi) is 4.07. The largest absolute Gasteiger partial charge is 0.377 e. The topological polar surface area (TPSA) is 38.7 Å². The Hall–Kier alpha value is -1.64. The average Bonchev–Trinajstić information content (AvgIpc) is 2.97. The summed E-state index contributed by atoms with van der Waals surface area (Å²) in [6, 6.07) is 7.73. The molecule has 1 aromatic rings. The Labute approximate surface area is 138 Å². The van der Waals surface area contributed by atoms with Crippen molar-refractivity contribution in [2.45, 2.75) is 31.0 Å². The van der Waals surface area contributed by atoms with Gasteiger partial charge in [-0.25, -0.2) is 0 Å². The number of rotatable bonds is 1. The molecule has 0 atom stereocenters. The van der Waals surface area contributed by atoms with Crippen molar-refractivity contribution < 1.29 is 14.6 Å². The Morgan fingerprint density at radius 1 is 1.00 bits per heavy atom. The predicted molar refractivity (Wildman–Crippen MR) is 93.5 cm³/mol. The Bertz CT molecular complexity index is 694. The van der Waals surface area contributed by atoms with Crippen molar-refractivity contribution in [2.75, 3.05) is 13.2 Å². The molecule has 0 amide bonds. The Morgan fingerprint density at radius 3 is 2.22 bits per heavy atom. The second-order valence-corrected chi connectivity index (χ2v) is 11.7. The molecular weight excluding hydrogens is 304 g/mol. The van der Waals surface area contributed by atoms with Crippen LogP contribution >= 0.6 is 0 Å². The van der Waals surface area contributed by atoms with Crippen LogP contribution in [0, 0.1) is 11.5 Å². The minimum absolute atomic E-state index is 0.561. The molecule has 1 aliphatic carbocycles. The first-order valence-electron chi connectivity index (χ1n) is 7.86. The number of hydrogen-bond donors (Lipinski definition) is 1. The summed E-state index contributed by atoms with van der Waals surface area (Å²) in [4.78, 5) is 0. The van der Waals surface area contributed by atoms with E-state index >= 15 is 0 Å². The lowest BCUT2D eigenvalue weighted by molar-refractivity contribution is -0.0790. The minimum Gasteiger partial charge on any atom is -0.377 e. The highest BCUT2D eigenvalue weighted by Crippen LogP contribution is 2.35. The number of benzene rings is 1. The van der Waals surface area contributed by atoms with Crippen molar-refractivity contribution >= 4 is 8.07 Å². The lowest BCUT2D eigenvalue weighted by atomic mass is 9.85. The number of ether oxygens (including phenoxy) is 2. The van der Waals surface area contributed by atoms with Gasteiger partial charge in [0, 0.05) is 11.1 Å². The molecule has 2 aliphatic rings. The summed E-state index contributed by atoms with van der Waals surface area (Å²) in [5.74, 6) is 2.44. The van der Waals surface area contributed by atoms with Crippen LogP contribution in [0.5, 0.6) is 0 Å². The molecule has 0 unspecified atom stereocenters. The van der Waals surface area contributed by atoms with Gasteiger partial charge in [0.2, 0.25) is 5.79 Å². The molecular formula is C19H22O3Si. The maximum absolute atomic E-state index is 11.1. The van der Waals surface area contributed by atoms with Gasteiger partial charge in [-0.15, -0.1) is 5.54 Å². The first kappa shape index (κ1) is 16.2. The minimum atomic E-state index is -1.48. The van der Waals surface area contributed by atoms with Crippen molar-refractivity contribution in [3.05, 3.63) is 59.7 Å². The molecule has 4 heteroatoms. The van der Waals surface area contributed by atoms with E-state index in [1.165, 1.54) is 0 Å². The maximum atomic E-state index is 11.1. The molecule has 1 fully saturated rings. The molecule has 1 aliphatic heterocycles. The molecule has 0 radical (unpaired) electrons. The van der Waals surface area contributed by atoms with Crippen LogP contribution in [0.25, 0.3) is 0 Å². The molecule has 120 valence electrons. The van der Waals surface area contributed by atoms with Crippen LogP contribution in [0.15, 0.2) is 48.6 Å². The van der Waals surface area contributed by atoms with Crippen molar-refractivity contribution in [3.8, 4) is 11.5 Å². The summed E-state index contributed by atoms with van der Waals surface area (Å²) in [5, 5.41) is 11.1. The van der Waals surface area contributed by atoms with Gasteiger partial charge >= 0.3 is 0 Å². The van der Waals surface area contributed by atoms with Crippen LogP contribution in [0.4, 0.5) is 0 Å². The van der Waals surface area contributed by atoms with Crippen LogP contribution in [0.2, 0.25) is 19.6 Å². The standard InChI is InChI=1S/C19H22O3Si/c1-23(2,3)15-8-16-6-4-5-7-17(16)18(20)9-11-19(12-10-18)21-13-14-22-19/h4-7,9-12,20H,13-14H2,1-3H3. The maximum Gasteiger partial charge on any atom is 0.208 e. The smallest absolute Gasteiger partial charge is 0.208 e. The zero-order valence-electron chi connectivity index (χ0n) is 13.8. The number of aliphatic hydroxyl groups is 1. The van der Waals surface area contributed by atoms with Crippen molar-refractivity contribution in [3.63, 3.8) is 0 Å². The van der Waals surface area contributed by atoms with Crippen molar-refractivity contribution in [1.82, 2.24) is 0 Å². The summed E-state index contributed by atoms with van der Waals surface area (Å²) in [6.45, 7) is 7.74. The van der Waals surface area contributed by atoms with E-state index in [2.05, 4.69) is 31.1 Å². The van der Waals surface area contributed by atoms with Gasteiger partial charge in [0.05, 0.1) is 13.2 Å². The second-order valence-electron chi connectivity index (χ2n) is 6.96. The van der Waals surface area contributed by atoms with E-state index in [9.17, 15) is 5.11 Å². The van der Waals surface area contributed by atoms with E-state index < -0.39 is 19.5 Å². The monoisotopic (exact) mass is 326 g/mol. The third-order valence-electron chi connectivity index (χ3n) is 3.81. The molecule has 1 aromatic carbocycles. The lowest BCUT2D eigenvalue weighted by Crippen LogP contribution is -2.33. The van der Waals surface area contributed by atoms with Crippen LogP contribution < -0.4 is 0 Å². The van der Waals surface area contributed by atoms with Crippen LogP contribution in [0.3, 0.4) is 0 Å². The highest BCUT2D eigenvalue weighted by molar-refractivity contribution is 6.83. The van der Waals surface area contributed by atoms with E-state index in [4.69, 9.17) is 9.47 Å². The summed E-state index contributed by atoms with van der Waals surface area (Å²) in [6.07, 6.45) is 7.02.